The Morgan fingerprint density at radius 1 is 1.32 bits per heavy atom. The monoisotopic (exact) mass is 304 g/mol. The van der Waals surface area contributed by atoms with Crippen LogP contribution in [0.2, 0.25) is 0 Å². The third-order valence-electron chi connectivity index (χ3n) is 3.42. The standard InChI is InChI=1S/C18H24O4/c1-13(2)14(3)20-9-5-6-15-7-8-17(18(10-15)19-4)22-12-16-11-21-16/h7-8,10,16H,1,3,5-6,9,11-12H2,2,4H3. The van der Waals surface area contributed by atoms with Crippen LogP contribution in [0.5, 0.6) is 11.5 Å². The number of rotatable bonds is 10. The summed E-state index contributed by atoms with van der Waals surface area (Å²) < 4.78 is 21.7. The zero-order chi connectivity index (χ0) is 15.9. The van der Waals surface area contributed by atoms with Crippen molar-refractivity contribution in [3.63, 3.8) is 0 Å². The summed E-state index contributed by atoms with van der Waals surface area (Å²) in [5.41, 5.74) is 2.05. The van der Waals surface area contributed by atoms with Gasteiger partial charge in [0.2, 0.25) is 0 Å². The predicted octanol–water partition coefficient (Wildman–Crippen LogP) is 3.51. The zero-order valence-corrected chi connectivity index (χ0v) is 13.4. The molecule has 1 aromatic carbocycles. The molecule has 4 nitrogen and oxygen atoms in total. The minimum absolute atomic E-state index is 0.239. The SMILES string of the molecule is C=C(C)C(=C)OCCCc1ccc(OCC2CO2)c(OC)c1. The van der Waals surface area contributed by atoms with Crippen molar-refractivity contribution < 1.29 is 18.9 Å². The van der Waals surface area contributed by atoms with Gasteiger partial charge in [-0.05, 0) is 43.0 Å². The average Bonchev–Trinajstić information content (AvgIpc) is 3.33. The van der Waals surface area contributed by atoms with Crippen molar-refractivity contribution in [2.75, 3.05) is 26.9 Å². The number of hydrogen-bond acceptors (Lipinski definition) is 4. The van der Waals surface area contributed by atoms with E-state index in [1.54, 1.807) is 7.11 Å². The van der Waals surface area contributed by atoms with Gasteiger partial charge in [-0.3, -0.25) is 0 Å². The molecule has 0 amide bonds. The third-order valence-corrected chi connectivity index (χ3v) is 3.42. The minimum Gasteiger partial charge on any atom is -0.494 e. The van der Waals surface area contributed by atoms with E-state index < -0.39 is 0 Å². The van der Waals surface area contributed by atoms with Crippen LogP contribution in [-0.2, 0) is 15.9 Å². The van der Waals surface area contributed by atoms with Gasteiger partial charge in [-0.1, -0.05) is 19.2 Å². The van der Waals surface area contributed by atoms with E-state index in [-0.39, 0.29) is 6.10 Å². The van der Waals surface area contributed by atoms with Gasteiger partial charge >= 0.3 is 0 Å². The normalized spacial score (nSPS) is 16.0. The fourth-order valence-corrected chi connectivity index (χ4v) is 1.93. The second-order valence-corrected chi connectivity index (χ2v) is 5.41. The van der Waals surface area contributed by atoms with Gasteiger partial charge < -0.3 is 18.9 Å². The second-order valence-electron chi connectivity index (χ2n) is 5.41. The van der Waals surface area contributed by atoms with Crippen molar-refractivity contribution in [3.8, 4) is 11.5 Å². The summed E-state index contributed by atoms with van der Waals surface area (Å²) in [4.78, 5) is 0. The summed E-state index contributed by atoms with van der Waals surface area (Å²) in [5, 5.41) is 0. The number of benzene rings is 1. The van der Waals surface area contributed by atoms with Crippen LogP contribution < -0.4 is 9.47 Å². The van der Waals surface area contributed by atoms with Crippen molar-refractivity contribution in [1.29, 1.82) is 0 Å². The van der Waals surface area contributed by atoms with Crippen molar-refractivity contribution in [2.45, 2.75) is 25.9 Å². The van der Waals surface area contributed by atoms with E-state index in [2.05, 4.69) is 19.2 Å². The Morgan fingerprint density at radius 3 is 2.73 bits per heavy atom. The first kappa shape index (κ1) is 16.4. The van der Waals surface area contributed by atoms with Crippen molar-refractivity contribution in [1.82, 2.24) is 0 Å². The van der Waals surface area contributed by atoms with E-state index in [1.807, 2.05) is 19.1 Å². The molecule has 1 aliphatic heterocycles. The average molecular weight is 304 g/mol. The Labute approximate surface area is 132 Å². The Hall–Kier alpha value is -1.94. The Kier molecular flexibility index (Phi) is 5.90. The first-order chi connectivity index (χ1) is 10.6. The fraction of sp³-hybridized carbons (Fsp3) is 0.444. The van der Waals surface area contributed by atoms with Crippen LogP contribution >= 0.6 is 0 Å². The zero-order valence-electron chi connectivity index (χ0n) is 13.4. The third kappa shape index (κ3) is 5.11. The number of hydrogen-bond donors (Lipinski definition) is 0. The van der Waals surface area contributed by atoms with E-state index in [0.29, 0.717) is 19.0 Å². The molecule has 1 aromatic rings. The lowest BCUT2D eigenvalue weighted by Crippen LogP contribution is -2.05. The molecule has 0 saturated carbocycles. The molecular weight excluding hydrogens is 280 g/mol. The van der Waals surface area contributed by atoms with Crippen LogP contribution in [0, 0.1) is 0 Å². The molecule has 0 radical (unpaired) electrons. The minimum atomic E-state index is 0.239. The van der Waals surface area contributed by atoms with Gasteiger partial charge in [-0.15, -0.1) is 0 Å². The van der Waals surface area contributed by atoms with Crippen molar-refractivity contribution >= 4 is 0 Å². The number of epoxide rings is 1. The molecular formula is C18H24O4. The molecule has 0 bridgehead atoms. The molecule has 0 N–H and O–H groups in total. The van der Waals surface area contributed by atoms with Gasteiger partial charge in [-0.2, -0.15) is 0 Å². The number of allylic oxidation sites excluding steroid dienone is 1. The highest BCUT2D eigenvalue weighted by Crippen LogP contribution is 2.29. The highest BCUT2D eigenvalue weighted by Gasteiger charge is 2.23. The van der Waals surface area contributed by atoms with Crippen LogP contribution in [0.25, 0.3) is 0 Å². The maximum Gasteiger partial charge on any atom is 0.161 e. The summed E-state index contributed by atoms with van der Waals surface area (Å²) in [6.45, 7) is 11.5. The molecule has 1 unspecified atom stereocenters. The number of methoxy groups -OCH3 is 1. The Bertz CT molecular complexity index is 532. The molecule has 22 heavy (non-hydrogen) atoms. The topological polar surface area (TPSA) is 40.2 Å². The quantitative estimate of drug-likeness (QED) is 0.287. The number of aryl methyl sites for hydroxylation is 1. The lowest BCUT2D eigenvalue weighted by atomic mass is 10.1. The van der Waals surface area contributed by atoms with E-state index >= 15 is 0 Å². The summed E-state index contributed by atoms with van der Waals surface area (Å²) in [5.74, 6) is 2.17. The van der Waals surface area contributed by atoms with Gasteiger partial charge in [0.15, 0.2) is 11.5 Å². The van der Waals surface area contributed by atoms with Crippen LogP contribution in [0.15, 0.2) is 42.7 Å². The molecule has 1 heterocycles. The Balaban J connectivity index is 1.80. The van der Waals surface area contributed by atoms with E-state index in [1.165, 1.54) is 5.56 Å². The van der Waals surface area contributed by atoms with Crippen molar-refractivity contribution in [2.24, 2.45) is 0 Å². The van der Waals surface area contributed by atoms with Crippen molar-refractivity contribution in [3.05, 3.63) is 48.3 Å². The smallest absolute Gasteiger partial charge is 0.161 e. The van der Waals surface area contributed by atoms with E-state index in [4.69, 9.17) is 18.9 Å². The van der Waals surface area contributed by atoms with Gasteiger partial charge in [0.25, 0.3) is 0 Å². The van der Waals surface area contributed by atoms with Crippen LogP contribution in [0.3, 0.4) is 0 Å². The maximum atomic E-state index is 5.69. The van der Waals surface area contributed by atoms with Crippen LogP contribution in [0.1, 0.15) is 18.9 Å². The van der Waals surface area contributed by atoms with E-state index in [0.717, 1.165) is 36.5 Å². The Morgan fingerprint density at radius 2 is 2.09 bits per heavy atom. The molecule has 0 spiro atoms. The van der Waals surface area contributed by atoms with Gasteiger partial charge in [0.05, 0.1) is 20.3 Å². The highest BCUT2D eigenvalue weighted by atomic mass is 16.6. The largest absolute Gasteiger partial charge is 0.494 e. The molecule has 120 valence electrons. The maximum absolute atomic E-state index is 5.69. The summed E-state index contributed by atoms with van der Waals surface area (Å²) in [6, 6.07) is 6.01. The molecule has 1 aliphatic rings. The van der Waals surface area contributed by atoms with Gasteiger partial charge in [-0.25, -0.2) is 0 Å². The van der Waals surface area contributed by atoms with Gasteiger partial charge in [0, 0.05) is 0 Å². The first-order valence-corrected chi connectivity index (χ1v) is 7.49. The molecule has 0 aliphatic carbocycles. The molecule has 1 fully saturated rings. The second kappa shape index (κ2) is 7.90. The highest BCUT2D eigenvalue weighted by molar-refractivity contribution is 5.43. The lowest BCUT2D eigenvalue weighted by Gasteiger charge is -2.12. The predicted molar refractivity (Wildman–Crippen MR) is 86.5 cm³/mol. The fourth-order valence-electron chi connectivity index (χ4n) is 1.93. The lowest BCUT2D eigenvalue weighted by molar-refractivity contribution is 0.217. The first-order valence-electron chi connectivity index (χ1n) is 7.49. The molecule has 1 atom stereocenters. The van der Waals surface area contributed by atoms with Crippen LogP contribution in [0.4, 0.5) is 0 Å². The molecule has 1 saturated heterocycles. The molecule has 4 heteroatoms. The van der Waals surface area contributed by atoms with E-state index in [9.17, 15) is 0 Å². The molecule has 2 rings (SSSR count). The molecule has 0 aromatic heterocycles. The van der Waals surface area contributed by atoms with Gasteiger partial charge in [0.1, 0.15) is 18.5 Å². The summed E-state index contributed by atoms with van der Waals surface area (Å²) >= 11 is 0. The summed E-state index contributed by atoms with van der Waals surface area (Å²) in [7, 11) is 1.65. The summed E-state index contributed by atoms with van der Waals surface area (Å²) in [6.07, 6.45) is 2.06. The van der Waals surface area contributed by atoms with Crippen LogP contribution in [-0.4, -0.2) is 33.0 Å². The number of ether oxygens (including phenoxy) is 4.